The summed E-state index contributed by atoms with van der Waals surface area (Å²) in [6.45, 7) is 17.4. The monoisotopic (exact) mass is 566 g/mol. The van der Waals surface area contributed by atoms with Crippen LogP contribution in [0.25, 0.3) is 28.5 Å². The largest absolute Gasteiger partial charge is 0.393 e. The van der Waals surface area contributed by atoms with Gasteiger partial charge in [-0.15, -0.1) is 6.58 Å². The van der Waals surface area contributed by atoms with E-state index in [0.717, 1.165) is 52.0 Å². The molecule has 0 saturated heterocycles. The molecule has 3 nitrogen and oxygen atoms in total. The number of allylic oxidation sites excluding steroid dienone is 1. The molecule has 4 rings (SSSR count). The van der Waals surface area contributed by atoms with Crippen LogP contribution in [0.5, 0.6) is 0 Å². The van der Waals surface area contributed by atoms with Crippen LogP contribution < -0.4 is 5.32 Å². The molecule has 0 aliphatic heterocycles. The second kappa shape index (κ2) is 15.9. The normalized spacial score (nSPS) is 12.3. The van der Waals surface area contributed by atoms with Crippen molar-refractivity contribution in [1.82, 2.24) is 4.57 Å². The van der Waals surface area contributed by atoms with Gasteiger partial charge in [0.1, 0.15) is 5.82 Å². The van der Waals surface area contributed by atoms with Crippen molar-refractivity contribution >= 4 is 11.8 Å². The molecule has 0 amide bonds. The van der Waals surface area contributed by atoms with E-state index in [0.29, 0.717) is 18.9 Å². The molecule has 1 heterocycles. The second-order valence-corrected chi connectivity index (χ2v) is 11.5. The van der Waals surface area contributed by atoms with Crippen LogP contribution in [0.2, 0.25) is 0 Å². The van der Waals surface area contributed by atoms with Gasteiger partial charge in [-0.1, -0.05) is 87.5 Å². The lowest BCUT2D eigenvalue weighted by molar-refractivity contribution is 0.131. The number of halogens is 1. The Bertz CT molecular complexity index is 1410. The van der Waals surface area contributed by atoms with E-state index in [2.05, 4.69) is 55.9 Å². The van der Waals surface area contributed by atoms with Crippen molar-refractivity contribution < 1.29 is 9.50 Å². The number of anilines is 1. The van der Waals surface area contributed by atoms with Gasteiger partial charge in [0.15, 0.2) is 0 Å². The fourth-order valence-electron chi connectivity index (χ4n) is 5.67. The smallest absolute Gasteiger partial charge is 0.123 e. The van der Waals surface area contributed by atoms with E-state index < -0.39 is 6.10 Å². The number of aliphatic hydroxyl groups excluding tert-OH is 1. The molecule has 4 heteroatoms. The SMILES string of the molecule is C=Cc1c(-c2ccccc2)c(-c2ccc(F)cc2)n(CCC(O)CC(C)CC(=C)C)c1C(C)C.CNc1ccccc1. The predicted molar refractivity (Wildman–Crippen MR) is 179 cm³/mol. The Morgan fingerprint density at radius 2 is 1.52 bits per heavy atom. The molecule has 42 heavy (non-hydrogen) atoms. The Labute approximate surface area is 252 Å². The van der Waals surface area contributed by atoms with E-state index in [1.54, 1.807) is 0 Å². The average molecular weight is 567 g/mol. The van der Waals surface area contributed by atoms with Crippen molar-refractivity contribution in [2.24, 2.45) is 5.92 Å². The summed E-state index contributed by atoms with van der Waals surface area (Å²) in [5.74, 6) is 0.393. The molecule has 3 aromatic carbocycles. The quantitative estimate of drug-likeness (QED) is 0.167. The first-order valence-corrected chi connectivity index (χ1v) is 14.9. The molecule has 0 radical (unpaired) electrons. The number of nitrogens with zero attached hydrogens (tertiary/aromatic N) is 1. The van der Waals surface area contributed by atoms with Crippen LogP contribution in [0.1, 0.15) is 64.1 Å². The molecule has 0 fully saturated rings. The number of hydrogen-bond donors (Lipinski definition) is 2. The summed E-state index contributed by atoms with van der Waals surface area (Å²) in [7, 11) is 1.91. The van der Waals surface area contributed by atoms with Crippen LogP contribution in [0, 0.1) is 11.7 Å². The highest BCUT2D eigenvalue weighted by atomic mass is 19.1. The first kappa shape index (κ1) is 32.6. The van der Waals surface area contributed by atoms with Gasteiger partial charge in [0.2, 0.25) is 0 Å². The fraction of sp³-hybridized carbons (Fsp3) is 0.316. The number of benzene rings is 3. The molecule has 0 aliphatic rings. The van der Waals surface area contributed by atoms with Crippen molar-refractivity contribution in [1.29, 1.82) is 0 Å². The van der Waals surface area contributed by atoms with E-state index in [1.807, 2.05) is 80.7 Å². The second-order valence-electron chi connectivity index (χ2n) is 11.5. The predicted octanol–water partition coefficient (Wildman–Crippen LogP) is 10.2. The number of para-hydroxylation sites is 1. The molecule has 1 aromatic heterocycles. The highest BCUT2D eigenvalue weighted by molar-refractivity contribution is 5.90. The standard InChI is InChI=1S/C31H38FNO.C7H9N/c1-7-28-29(24-11-9-8-10-12-24)31(25-13-15-26(32)16-14-25)33(30(28)22(4)5)18-17-27(34)20-23(6)19-21(2)3;1-8-7-5-3-2-4-6-7/h7-16,22-23,27,34H,1-2,17-20H2,3-6H3;2-6,8H,1H3. The molecule has 2 atom stereocenters. The zero-order chi connectivity index (χ0) is 30.6. The van der Waals surface area contributed by atoms with Gasteiger partial charge in [-0.05, 0) is 85.5 Å². The van der Waals surface area contributed by atoms with Crippen LogP contribution in [-0.4, -0.2) is 22.8 Å². The summed E-state index contributed by atoms with van der Waals surface area (Å²) in [4.78, 5) is 0. The van der Waals surface area contributed by atoms with Crippen LogP contribution in [0.15, 0.2) is 104 Å². The van der Waals surface area contributed by atoms with Crippen LogP contribution in [0.4, 0.5) is 10.1 Å². The van der Waals surface area contributed by atoms with Crippen molar-refractivity contribution in [3.63, 3.8) is 0 Å². The molecule has 2 unspecified atom stereocenters. The molecule has 0 spiro atoms. The van der Waals surface area contributed by atoms with E-state index in [1.165, 1.54) is 17.8 Å². The zero-order valence-corrected chi connectivity index (χ0v) is 25.9. The van der Waals surface area contributed by atoms with Gasteiger partial charge in [0.05, 0.1) is 11.8 Å². The third kappa shape index (κ3) is 8.80. The van der Waals surface area contributed by atoms with Crippen LogP contribution in [0.3, 0.4) is 0 Å². The molecule has 0 aliphatic carbocycles. The summed E-state index contributed by atoms with van der Waals surface area (Å²) in [5.41, 5.74) is 8.82. The van der Waals surface area contributed by atoms with E-state index in [9.17, 15) is 9.50 Å². The van der Waals surface area contributed by atoms with Gasteiger partial charge in [-0.25, -0.2) is 4.39 Å². The Balaban J connectivity index is 0.000000521. The number of hydrogen-bond acceptors (Lipinski definition) is 2. The van der Waals surface area contributed by atoms with Crippen molar-refractivity contribution in [2.45, 2.75) is 65.5 Å². The zero-order valence-electron chi connectivity index (χ0n) is 25.9. The van der Waals surface area contributed by atoms with Gasteiger partial charge < -0.3 is 15.0 Å². The number of rotatable bonds is 12. The summed E-state index contributed by atoms with van der Waals surface area (Å²) in [5, 5.41) is 13.9. The van der Waals surface area contributed by atoms with E-state index in [4.69, 9.17) is 0 Å². The van der Waals surface area contributed by atoms with Crippen LogP contribution in [-0.2, 0) is 6.54 Å². The lowest BCUT2D eigenvalue weighted by Gasteiger charge is -2.21. The first-order chi connectivity index (χ1) is 20.2. The molecular formula is C38H47FN2O. The Morgan fingerprint density at radius 1 is 0.929 bits per heavy atom. The van der Waals surface area contributed by atoms with E-state index in [-0.39, 0.29) is 11.7 Å². The fourth-order valence-corrected chi connectivity index (χ4v) is 5.67. The average Bonchev–Trinajstić information content (AvgIpc) is 3.31. The minimum Gasteiger partial charge on any atom is -0.393 e. The molecule has 222 valence electrons. The number of aromatic nitrogens is 1. The maximum atomic E-state index is 13.8. The molecule has 2 N–H and O–H groups in total. The van der Waals surface area contributed by atoms with Gasteiger partial charge >= 0.3 is 0 Å². The van der Waals surface area contributed by atoms with E-state index >= 15 is 0 Å². The molecule has 0 bridgehead atoms. The van der Waals surface area contributed by atoms with Gasteiger partial charge in [0.25, 0.3) is 0 Å². The summed E-state index contributed by atoms with van der Waals surface area (Å²) in [6, 6.07) is 27.1. The van der Waals surface area contributed by atoms with Gasteiger partial charge in [-0.2, -0.15) is 0 Å². The minimum atomic E-state index is -0.398. The molecular weight excluding hydrogens is 519 g/mol. The van der Waals surface area contributed by atoms with Gasteiger partial charge in [-0.3, -0.25) is 0 Å². The summed E-state index contributed by atoms with van der Waals surface area (Å²) in [6.07, 6.45) is 3.86. The third-order valence-electron chi connectivity index (χ3n) is 7.39. The lowest BCUT2D eigenvalue weighted by Crippen LogP contribution is -2.17. The highest BCUT2D eigenvalue weighted by Crippen LogP contribution is 2.42. The van der Waals surface area contributed by atoms with Crippen LogP contribution >= 0.6 is 0 Å². The van der Waals surface area contributed by atoms with Crippen molar-refractivity contribution in [2.75, 3.05) is 12.4 Å². The maximum absolute atomic E-state index is 13.8. The maximum Gasteiger partial charge on any atom is 0.123 e. The molecule has 0 saturated carbocycles. The summed E-state index contributed by atoms with van der Waals surface area (Å²) >= 11 is 0. The lowest BCUT2D eigenvalue weighted by atomic mass is 9.95. The number of nitrogens with one attached hydrogen (secondary N) is 1. The van der Waals surface area contributed by atoms with Crippen molar-refractivity contribution in [3.05, 3.63) is 121 Å². The summed E-state index contributed by atoms with van der Waals surface area (Å²) < 4.78 is 16.1. The minimum absolute atomic E-state index is 0.252. The molecule has 4 aromatic rings. The third-order valence-corrected chi connectivity index (χ3v) is 7.39. The first-order valence-electron chi connectivity index (χ1n) is 14.9. The van der Waals surface area contributed by atoms with Crippen molar-refractivity contribution in [3.8, 4) is 22.4 Å². The Kier molecular flexibility index (Phi) is 12.4. The highest BCUT2D eigenvalue weighted by Gasteiger charge is 2.25. The van der Waals surface area contributed by atoms with Gasteiger partial charge in [0, 0.05) is 36.1 Å². The topological polar surface area (TPSA) is 37.2 Å². The number of aliphatic hydroxyl groups is 1. The Hall–Kier alpha value is -3.89. The Morgan fingerprint density at radius 3 is 2.02 bits per heavy atom.